The molecule has 0 bridgehead atoms. The zero-order valence-electron chi connectivity index (χ0n) is 14.1. The second-order valence-corrected chi connectivity index (χ2v) is 7.77. The van der Waals surface area contributed by atoms with Gasteiger partial charge in [-0.2, -0.15) is 0 Å². The largest absolute Gasteiger partial charge is 0.348 e. The van der Waals surface area contributed by atoms with Gasteiger partial charge < -0.3 is 14.8 Å². The van der Waals surface area contributed by atoms with Crippen molar-refractivity contribution in [2.24, 2.45) is 0 Å². The standard InChI is InChI=1S/C19H23BrN2O3/c20-15-7-5-14(6-8-15)18(23)21-16-4-3-9-19(24-12-13-25-19)17(16)22-10-1-2-11-22/h1-2,5-8,16-17H,3-4,9-13H2,(H,21,23). The fraction of sp³-hybridized carbons (Fsp3) is 0.526. The van der Waals surface area contributed by atoms with Crippen LogP contribution in [0.1, 0.15) is 29.6 Å². The van der Waals surface area contributed by atoms with E-state index in [1.807, 2.05) is 24.3 Å². The number of hydrogen-bond donors (Lipinski definition) is 1. The van der Waals surface area contributed by atoms with E-state index in [9.17, 15) is 4.79 Å². The molecule has 5 nitrogen and oxygen atoms in total. The minimum atomic E-state index is -0.581. The first-order valence-electron chi connectivity index (χ1n) is 8.91. The molecule has 6 heteroatoms. The van der Waals surface area contributed by atoms with Gasteiger partial charge in [0, 0.05) is 35.6 Å². The lowest BCUT2D eigenvalue weighted by Gasteiger charge is -2.48. The number of nitrogens with one attached hydrogen (secondary N) is 1. The summed E-state index contributed by atoms with van der Waals surface area (Å²) in [5.74, 6) is -0.619. The van der Waals surface area contributed by atoms with Gasteiger partial charge in [-0.25, -0.2) is 0 Å². The van der Waals surface area contributed by atoms with Crippen molar-refractivity contribution in [1.82, 2.24) is 10.2 Å². The van der Waals surface area contributed by atoms with Crippen LogP contribution in [0.4, 0.5) is 0 Å². The van der Waals surface area contributed by atoms with Crippen LogP contribution in [0, 0.1) is 0 Å². The molecule has 0 radical (unpaired) electrons. The van der Waals surface area contributed by atoms with Gasteiger partial charge in [-0.1, -0.05) is 28.1 Å². The number of carbonyl (C=O) groups is 1. The molecule has 1 saturated heterocycles. The summed E-state index contributed by atoms with van der Waals surface area (Å²) in [5, 5.41) is 3.25. The van der Waals surface area contributed by atoms with E-state index in [0.717, 1.165) is 36.8 Å². The van der Waals surface area contributed by atoms with Crippen LogP contribution in [0.5, 0.6) is 0 Å². The summed E-state index contributed by atoms with van der Waals surface area (Å²) in [6.07, 6.45) is 7.16. The summed E-state index contributed by atoms with van der Waals surface area (Å²) >= 11 is 3.41. The molecule has 0 aromatic heterocycles. The zero-order valence-corrected chi connectivity index (χ0v) is 15.7. The van der Waals surface area contributed by atoms with Gasteiger partial charge in [0.15, 0.2) is 5.79 Å². The lowest BCUT2D eigenvalue weighted by Crippen LogP contribution is -2.65. The zero-order chi connectivity index (χ0) is 17.3. The van der Waals surface area contributed by atoms with Gasteiger partial charge >= 0.3 is 0 Å². The summed E-state index contributed by atoms with van der Waals surface area (Å²) in [6.45, 7) is 3.02. The highest BCUT2D eigenvalue weighted by Crippen LogP contribution is 2.39. The maximum absolute atomic E-state index is 12.7. The Balaban J connectivity index is 1.55. The average molecular weight is 407 g/mol. The Morgan fingerprint density at radius 2 is 1.84 bits per heavy atom. The van der Waals surface area contributed by atoms with Crippen LogP contribution in [0.25, 0.3) is 0 Å². The summed E-state index contributed by atoms with van der Waals surface area (Å²) < 4.78 is 13.1. The molecular formula is C19H23BrN2O3. The smallest absolute Gasteiger partial charge is 0.251 e. The molecule has 1 aliphatic carbocycles. The van der Waals surface area contributed by atoms with Gasteiger partial charge in [0.2, 0.25) is 0 Å². The van der Waals surface area contributed by atoms with E-state index in [1.165, 1.54) is 0 Å². The number of nitrogens with zero attached hydrogens (tertiary/aromatic N) is 1. The molecule has 1 spiro atoms. The normalized spacial score (nSPS) is 28.5. The van der Waals surface area contributed by atoms with Crippen molar-refractivity contribution < 1.29 is 14.3 Å². The first-order chi connectivity index (χ1) is 12.2. The predicted octanol–water partition coefficient (Wildman–Crippen LogP) is 2.71. The number of rotatable bonds is 3. The third kappa shape index (κ3) is 3.40. The molecule has 3 aliphatic rings. The third-order valence-corrected chi connectivity index (χ3v) is 5.84. The summed E-state index contributed by atoms with van der Waals surface area (Å²) in [7, 11) is 0. The van der Waals surface area contributed by atoms with Crippen molar-refractivity contribution >= 4 is 21.8 Å². The molecule has 1 saturated carbocycles. The number of halogens is 1. The van der Waals surface area contributed by atoms with E-state index in [4.69, 9.17) is 9.47 Å². The Bertz CT molecular complexity index is 647. The summed E-state index contributed by atoms with van der Waals surface area (Å²) in [4.78, 5) is 15.1. The van der Waals surface area contributed by atoms with Crippen LogP contribution < -0.4 is 5.32 Å². The van der Waals surface area contributed by atoms with E-state index in [1.54, 1.807) is 0 Å². The van der Waals surface area contributed by atoms with E-state index >= 15 is 0 Å². The SMILES string of the molecule is O=C(NC1CCCC2(OCCO2)C1N1CC=CC1)c1ccc(Br)cc1. The predicted molar refractivity (Wildman–Crippen MR) is 98.4 cm³/mol. The Hall–Kier alpha value is -1.21. The molecule has 1 aromatic rings. The van der Waals surface area contributed by atoms with Crippen LogP contribution in [-0.4, -0.2) is 55.0 Å². The molecule has 4 rings (SSSR count). The van der Waals surface area contributed by atoms with Crippen LogP contribution >= 0.6 is 15.9 Å². The van der Waals surface area contributed by atoms with Crippen molar-refractivity contribution in [3.05, 3.63) is 46.5 Å². The number of carbonyl (C=O) groups excluding carboxylic acids is 1. The van der Waals surface area contributed by atoms with Crippen LogP contribution in [0.3, 0.4) is 0 Å². The van der Waals surface area contributed by atoms with Crippen molar-refractivity contribution in [3.63, 3.8) is 0 Å². The maximum Gasteiger partial charge on any atom is 0.251 e. The quantitative estimate of drug-likeness (QED) is 0.783. The summed E-state index contributed by atoms with van der Waals surface area (Å²) in [5.41, 5.74) is 0.675. The van der Waals surface area contributed by atoms with Crippen LogP contribution in [-0.2, 0) is 9.47 Å². The lowest BCUT2D eigenvalue weighted by molar-refractivity contribution is -0.221. The van der Waals surface area contributed by atoms with Gasteiger partial charge in [0.25, 0.3) is 5.91 Å². The topological polar surface area (TPSA) is 50.8 Å². The Labute approximate surface area is 156 Å². The van der Waals surface area contributed by atoms with Gasteiger partial charge in [-0.05, 0) is 37.1 Å². The highest BCUT2D eigenvalue weighted by atomic mass is 79.9. The maximum atomic E-state index is 12.7. The summed E-state index contributed by atoms with van der Waals surface area (Å²) in [6, 6.07) is 7.52. The number of ether oxygens (including phenoxy) is 2. The van der Waals surface area contributed by atoms with Gasteiger partial charge in [-0.3, -0.25) is 9.69 Å². The Morgan fingerprint density at radius 1 is 1.16 bits per heavy atom. The molecule has 2 heterocycles. The molecule has 1 amide bonds. The monoisotopic (exact) mass is 406 g/mol. The van der Waals surface area contributed by atoms with E-state index in [0.29, 0.717) is 18.8 Å². The van der Waals surface area contributed by atoms with Crippen molar-refractivity contribution in [1.29, 1.82) is 0 Å². The van der Waals surface area contributed by atoms with E-state index in [-0.39, 0.29) is 18.0 Å². The molecular weight excluding hydrogens is 384 g/mol. The van der Waals surface area contributed by atoms with Crippen LogP contribution in [0.15, 0.2) is 40.9 Å². The minimum absolute atomic E-state index is 0.0166. The van der Waals surface area contributed by atoms with Crippen molar-refractivity contribution in [2.45, 2.75) is 37.1 Å². The Kier molecular flexibility index (Phi) is 4.95. The van der Waals surface area contributed by atoms with Gasteiger partial charge in [0.1, 0.15) is 0 Å². The first kappa shape index (κ1) is 17.2. The molecule has 2 fully saturated rings. The molecule has 134 valence electrons. The van der Waals surface area contributed by atoms with Gasteiger partial charge in [0.05, 0.1) is 19.3 Å². The van der Waals surface area contributed by atoms with E-state index in [2.05, 4.69) is 38.3 Å². The highest BCUT2D eigenvalue weighted by molar-refractivity contribution is 9.10. The molecule has 1 N–H and O–H groups in total. The highest BCUT2D eigenvalue weighted by Gasteiger charge is 2.53. The molecule has 1 aromatic carbocycles. The molecule has 2 atom stereocenters. The number of hydrogen-bond acceptors (Lipinski definition) is 4. The number of amides is 1. The van der Waals surface area contributed by atoms with Crippen molar-refractivity contribution in [2.75, 3.05) is 26.3 Å². The molecule has 2 aliphatic heterocycles. The second kappa shape index (κ2) is 7.19. The average Bonchev–Trinajstić information content (AvgIpc) is 3.29. The van der Waals surface area contributed by atoms with E-state index < -0.39 is 5.79 Å². The number of benzene rings is 1. The first-order valence-corrected chi connectivity index (χ1v) is 9.71. The fourth-order valence-corrected chi connectivity index (χ4v) is 4.49. The van der Waals surface area contributed by atoms with Crippen molar-refractivity contribution in [3.8, 4) is 0 Å². The van der Waals surface area contributed by atoms with Gasteiger partial charge in [-0.15, -0.1) is 0 Å². The third-order valence-electron chi connectivity index (χ3n) is 5.31. The fourth-order valence-electron chi connectivity index (χ4n) is 4.22. The van der Waals surface area contributed by atoms with Crippen LogP contribution in [0.2, 0.25) is 0 Å². The Morgan fingerprint density at radius 3 is 2.52 bits per heavy atom. The molecule has 25 heavy (non-hydrogen) atoms. The minimum Gasteiger partial charge on any atom is -0.348 e. The lowest BCUT2D eigenvalue weighted by atomic mass is 9.83. The second-order valence-electron chi connectivity index (χ2n) is 6.86. The molecule has 2 unspecified atom stereocenters.